The predicted octanol–water partition coefficient (Wildman–Crippen LogP) is 5.16. The number of benzene rings is 4. The number of hydrogen-bond donors (Lipinski definition) is 1. The Kier molecular flexibility index (Phi) is 7.63. The van der Waals surface area contributed by atoms with Crippen molar-refractivity contribution < 1.29 is 14.3 Å². The first-order chi connectivity index (χ1) is 19.0. The second-order valence-corrected chi connectivity index (χ2v) is 9.27. The van der Waals surface area contributed by atoms with Crippen LogP contribution in [0.2, 0.25) is 0 Å². The van der Waals surface area contributed by atoms with E-state index in [9.17, 15) is 9.59 Å². The molecule has 2 amide bonds. The number of nitrogens with zero attached hydrogens (tertiary/aromatic N) is 4. The topological polar surface area (TPSA) is 89.4 Å². The van der Waals surface area contributed by atoms with Crippen LogP contribution in [0.3, 0.4) is 0 Å². The summed E-state index contributed by atoms with van der Waals surface area (Å²) in [4.78, 5) is 29.5. The summed E-state index contributed by atoms with van der Waals surface area (Å²) in [6, 6.07) is 31.0. The molecule has 0 aliphatic heterocycles. The van der Waals surface area contributed by atoms with Gasteiger partial charge in [0.2, 0.25) is 5.91 Å². The van der Waals surface area contributed by atoms with E-state index in [0.29, 0.717) is 22.5 Å². The van der Waals surface area contributed by atoms with E-state index in [1.807, 2.05) is 85.8 Å². The second-order valence-electron chi connectivity index (χ2n) is 9.27. The summed E-state index contributed by atoms with van der Waals surface area (Å²) >= 11 is 0. The molecule has 1 aromatic heterocycles. The van der Waals surface area contributed by atoms with Crippen LogP contribution in [-0.2, 0) is 22.7 Å². The molecule has 0 unspecified atom stereocenters. The van der Waals surface area contributed by atoms with Crippen LogP contribution in [-0.4, -0.2) is 38.8 Å². The highest BCUT2D eigenvalue weighted by Gasteiger charge is 2.32. The summed E-state index contributed by atoms with van der Waals surface area (Å²) < 4.78 is 6.81. The van der Waals surface area contributed by atoms with Crippen LogP contribution in [0.5, 0.6) is 5.75 Å². The fraction of sp³-hybridized carbons (Fsp3) is 0.161. The Morgan fingerprint density at radius 3 is 2.31 bits per heavy atom. The van der Waals surface area contributed by atoms with Gasteiger partial charge < -0.3 is 15.0 Å². The highest BCUT2D eigenvalue weighted by Crippen LogP contribution is 2.27. The first-order valence-electron chi connectivity index (χ1n) is 12.6. The molecule has 8 nitrogen and oxygen atoms in total. The number of carbonyl (C=O) groups is 2. The van der Waals surface area contributed by atoms with Gasteiger partial charge in [-0.1, -0.05) is 77.5 Å². The highest BCUT2D eigenvalue weighted by atomic mass is 16.5. The molecule has 0 aliphatic rings. The Bertz CT molecular complexity index is 1560. The van der Waals surface area contributed by atoms with Crippen LogP contribution in [0.1, 0.15) is 22.7 Å². The molecule has 0 fully saturated rings. The van der Waals surface area contributed by atoms with Gasteiger partial charge >= 0.3 is 0 Å². The van der Waals surface area contributed by atoms with Gasteiger partial charge in [0.15, 0.2) is 0 Å². The molecule has 0 bridgehead atoms. The van der Waals surface area contributed by atoms with Crippen molar-refractivity contribution in [3.8, 4) is 5.75 Å². The lowest BCUT2D eigenvalue weighted by atomic mass is 10.0. The van der Waals surface area contributed by atoms with Gasteiger partial charge in [0.05, 0.1) is 12.6 Å². The molecule has 39 heavy (non-hydrogen) atoms. The van der Waals surface area contributed by atoms with Crippen molar-refractivity contribution in [2.75, 3.05) is 12.4 Å². The third-order valence-corrected chi connectivity index (χ3v) is 6.53. The third-order valence-electron chi connectivity index (χ3n) is 6.53. The Morgan fingerprint density at radius 1 is 0.897 bits per heavy atom. The quantitative estimate of drug-likeness (QED) is 0.291. The van der Waals surface area contributed by atoms with Gasteiger partial charge in [-0.25, -0.2) is 4.68 Å². The van der Waals surface area contributed by atoms with Crippen molar-refractivity contribution in [3.63, 3.8) is 0 Å². The summed E-state index contributed by atoms with van der Waals surface area (Å²) in [5, 5.41) is 11.4. The number of amides is 2. The highest BCUT2D eigenvalue weighted by molar-refractivity contribution is 5.98. The van der Waals surface area contributed by atoms with E-state index in [2.05, 4.69) is 15.6 Å². The van der Waals surface area contributed by atoms with Crippen molar-refractivity contribution in [2.45, 2.75) is 26.1 Å². The van der Waals surface area contributed by atoms with E-state index < -0.39 is 6.04 Å². The molecule has 0 saturated carbocycles. The lowest BCUT2D eigenvalue weighted by Crippen LogP contribution is -2.42. The Balaban J connectivity index is 1.52. The molecule has 8 heteroatoms. The summed E-state index contributed by atoms with van der Waals surface area (Å²) in [5.41, 5.74) is 4.78. The maximum Gasteiger partial charge on any atom is 0.251 e. The van der Waals surface area contributed by atoms with Crippen molar-refractivity contribution in [1.82, 2.24) is 19.9 Å². The number of methoxy groups -OCH3 is 1. The van der Waals surface area contributed by atoms with Gasteiger partial charge in [-0.15, -0.1) is 5.10 Å². The van der Waals surface area contributed by atoms with Crippen LogP contribution < -0.4 is 10.1 Å². The number of para-hydroxylation sites is 1. The first-order valence-corrected chi connectivity index (χ1v) is 12.6. The molecule has 0 aliphatic carbocycles. The summed E-state index contributed by atoms with van der Waals surface area (Å²) in [5.74, 6) is 0.101. The lowest BCUT2D eigenvalue weighted by molar-refractivity contribution is -0.140. The molecule has 0 saturated heterocycles. The summed E-state index contributed by atoms with van der Waals surface area (Å²) in [7, 11) is 1.59. The fourth-order valence-electron chi connectivity index (χ4n) is 4.46. The van der Waals surface area contributed by atoms with Crippen LogP contribution >= 0.6 is 0 Å². The van der Waals surface area contributed by atoms with Gasteiger partial charge in [-0.3, -0.25) is 9.59 Å². The molecule has 5 rings (SSSR count). The number of hydrogen-bond acceptors (Lipinski definition) is 5. The van der Waals surface area contributed by atoms with Gasteiger partial charge in [-0.05, 0) is 54.4 Å². The number of ether oxygens (including phenoxy) is 1. The zero-order valence-electron chi connectivity index (χ0n) is 21.8. The maximum atomic E-state index is 14.0. The van der Waals surface area contributed by atoms with E-state index in [0.717, 1.165) is 16.6 Å². The molecule has 4 aromatic carbocycles. The monoisotopic (exact) mass is 519 g/mol. The SMILES string of the molecule is COc1ccc(NC(=O)[C@H](c2ccccc2)N(Cc2ccc(C)cc2)C(=O)Cn2nnc3ccccc32)cc1. The standard InChI is InChI=1S/C31H29N5O3/c1-22-12-14-23(15-13-22)20-35(29(37)21-36-28-11-7-6-10-27(28)33-34-36)30(24-8-4-3-5-9-24)31(38)32-25-16-18-26(39-2)19-17-25/h3-19,30H,20-21H2,1-2H3,(H,32,38)/t30-/m0/s1. The van der Waals surface area contributed by atoms with Gasteiger partial charge in [0.25, 0.3) is 5.91 Å². The Morgan fingerprint density at radius 2 is 1.59 bits per heavy atom. The van der Waals surface area contributed by atoms with E-state index in [-0.39, 0.29) is 24.9 Å². The molecular formula is C31H29N5O3. The average molecular weight is 520 g/mol. The zero-order chi connectivity index (χ0) is 27.2. The summed E-state index contributed by atoms with van der Waals surface area (Å²) in [6.45, 7) is 2.18. The number of aryl methyl sites for hydroxylation is 1. The molecular weight excluding hydrogens is 490 g/mol. The summed E-state index contributed by atoms with van der Waals surface area (Å²) in [6.07, 6.45) is 0. The normalized spacial score (nSPS) is 11.6. The molecule has 1 heterocycles. The number of rotatable bonds is 9. The van der Waals surface area contributed by atoms with Crippen molar-refractivity contribution >= 4 is 28.5 Å². The molecule has 1 N–H and O–H groups in total. The molecule has 5 aromatic rings. The van der Waals surface area contributed by atoms with Crippen LogP contribution in [0.4, 0.5) is 5.69 Å². The number of anilines is 1. The third kappa shape index (κ3) is 5.96. The molecule has 196 valence electrons. The van der Waals surface area contributed by atoms with Crippen LogP contribution in [0.15, 0.2) is 103 Å². The molecule has 0 spiro atoms. The smallest absolute Gasteiger partial charge is 0.251 e. The van der Waals surface area contributed by atoms with Crippen molar-refractivity contribution in [1.29, 1.82) is 0 Å². The average Bonchev–Trinajstić information content (AvgIpc) is 3.37. The second kappa shape index (κ2) is 11.6. The first kappa shape index (κ1) is 25.7. The Labute approximate surface area is 226 Å². The number of fused-ring (bicyclic) bond motifs is 1. The minimum absolute atomic E-state index is 0.0640. The van der Waals surface area contributed by atoms with Crippen LogP contribution in [0.25, 0.3) is 11.0 Å². The minimum Gasteiger partial charge on any atom is -0.497 e. The molecule has 0 radical (unpaired) electrons. The van der Waals surface area contributed by atoms with Crippen molar-refractivity contribution in [3.05, 3.63) is 120 Å². The van der Waals surface area contributed by atoms with E-state index >= 15 is 0 Å². The van der Waals surface area contributed by atoms with E-state index in [4.69, 9.17) is 4.74 Å². The lowest BCUT2D eigenvalue weighted by Gasteiger charge is -2.31. The van der Waals surface area contributed by atoms with Gasteiger partial charge in [-0.2, -0.15) is 0 Å². The maximum absolute atomic E-state index is 14.0. The number of aromatic nitrogens is 3. The van der Waals surface area contributed by atoms with Crippen molar-refractivity contribution in [2.24, 2.45) is 0 Å². The number of carbonyl (C=O) groups excluding carboxylic acids is 2. The van der Waals surface area contributed by atoms with E-state index in [1.165, 1.54) is 0 Å². The van der Waals surface area contributed by atoms with Crippen LogP contribution in [0, 0.1) is 6.92 Å². The molecule has 1 atom stereocenters. The predicted molar refractivity (Wildman–Crippen MR) is 150 cm³/mol. The van der Waals surface area contributed by atoms with Gasteiger partial charge in [0, 0.05) is 12.2 Å². The van der Waals surface area contributed by atoms with Gasteiger partial charge in [0.1, 0.15) is 23.9 Å². The minimum atomic E-state index is -0.892. The van der Waals surface area contributed by atoms with E-state index in [1.54, 1.807) is 41.0 Å². The number of nitrogens with one attached hydrogen (secondary N) is 1. The Hall–Kier alpha value is -4.98. The zero-order valence-corrected chi connectivity index (χ0v) is 21.8. The fourth-order valence-corrected chi connectivity index (χ4v) is 4.46. The largest absolute Gasteiger partial charge is 0.497 e.